The van der Waals surface area contributed by atoms with Gasteiger partial charge in [-0.3, -0.25) is 4.79 Å². The summed E-state index contributed by atoms with van der Waals surface area (Å²) in [6.07, 6.45) is 4.60. The quantitative estimate of drug-likeness (QED) is 0.733. The van der Waals surface area contributed by atoms with Crippen LogP contribution in [-0.2, 0) is 4.79 Å². The van der Waals surface area contributed by atoms with Gasteiger partial charge in [0, 0.05) is 44.2 Å². The van der Waals surface area contributed by atoms with Gasteiger partial charge in [0.05, 0.1) is 0 Å². The molecule has 0 N–H and O–H groups in total. The van der Waals surface area contributed by atoms with E-state index in [9.17, 15) is 4.79 Å². The molecule has 1 fully saturated rings. The van der Waals surface area contributed by atoms with Crippen LogP contribution in [0.15, 0.2) is 11.8 Å². The van der Waals surface area contributed by atoms with Gasteiger partial charge in [0.15, 0.2) is 0 Å². The average molecular weight is 236 g/mol. The second-order valence-corrected chi connectivity index (χ2v) is 5.72. The Bertz CT molecular complexity index is 322. The zero-order chi connectivity index (χ0) is 12.4. The summed E-state index contributed by atoms with van der Waals surface area (Å²) in [5.41, 5.74) is 1.46. The van der Waals surface area contributed by atoms with Gasteiger partial charge in [-0.25, -0.2) is 0 Å². The molecule has 0 bridgehead atoms. The number of hydrogen-bond donors (Lipinski definition) is 0. The second kappa shape index (κ2) is 5.11. The van der Waals surface area contributed by atoms with Crippen molar-refractivity contribution in [1.29, 1.82) is 0 Å². The van der Waals surface area contributed by atoms with Gasteiger partial charge in [-0.05, 0) is 18.4 Å². The molecule has 0 spiro atoms. The third kappa shape index (κ3) is 2.82. The zero-order valence-electron chi connectivity index (χ0n) is 11.3. The molecule has 2 rings (SSSR count). The van der Waals surface area contributed by atoms with Gasteiger partial charge in [0.2, 0.25) is 5.91 Å². The lowest BCUT2D eigenvalue weighted by Crippen LogP contribution is -2.39. The Kier molecular flexibility index (Phi) is 3.75. The Balaban J connectivity index is 1.91. The summed E-state index contributed by atoms with van der Waals surface area (Å²) in [6, 6.07) is 0. The van der Waals surface area contributed by atoms with Gasteiger partial charge >= 0.3 is 0 Å². The van der Waals surface area contributed by atoms with E-state index in [-0.39, 0.29) is 11.8 Å². The number of nitrogens with zero attached hydrogens (tertiary/aromatic N) is 2. The number of amides is 1. The minimum atomic E-state index is 0.122. The smallest absolute Gasteiger partial charge is 0.225 e. The molecule has 1 amide bonds. The summed E-state index contributed by atoms with van der Waals surface area (Å²) in [5, 5.41) is 0. The maximum atomic E-state index is 11.9. The highest BCUT2D eigenvalue weighted by atomic mass is 16.2. The SMILES string of the molecule is CC1CCN(C2=CCN(C(=O)C(C)C)CC2)C1. The molecule has 1 atom stereocenters. The van der Waals surface area contributed by atoms with Gasteiger partial charge in [-0.1, -0.05) is 20.8 Å². The van der Waals surface area contributed by atoms with Crippen LogP contribution in [0.5, 0.6) is 0 Å². The van der Waals surface area contributed by atoms with Crippen LogP contribution in [0, 0.1) is 11.8 Å². The van der Waals surface area contributed by atoms with E-state index < -0.39 is 0 Å². The first-order valence-electron chi connectivity index (χ1n) is 6.80. The van der Waals surface area contributed by atoms with Crippen LogP contribution >= 0.6 is 0 Å². The molecule has 0 aromatic heterocycles. The highest BCUT2D eigenvalue weighted by molar-refractivity contribution is 5.78. The van der Waals surface area contributed by atoms with Crippen LogP contribution in [0.1, 0.15) is 33.6 Å². The number of rotatable bonds is 2. The van der Waals surface area contributed by atoms with Crippen molar-refractivity contribution in [2.75, 3.05) is 26.2 Å². The van der Waals surface area contributed by atoms with E-state index >= 15 is 0 Å². The van der Waals surface area contributed by atoms with Crippen LogP contribution in [-0.4, -0.2) is 41.9 Å². The van der Waals surface area contributed by atoms with Crippen LogP contribution < -0.4 is 0 Å². The number of carbonyl (C=O) groups excluding carboxylic acids is 1. The fraction of sp³-hybridized carbons (Fsp3) is 0.786. The summed E-state index contributed by atoms with van der Waals surface area (Å²) in [7, 11) is 0. The van der Waals surface area contributed by atoms with Crippen molar-refractivity contribution in [1.82, 2.24) is 9.80 Å². The molecule has 2 aliphatic rings. The number of carbonyl (C=O) groups is 1. The minimum absolute atomic E-state index is 0.122. The molecule has 0 saturated carbocycles. The van der Waals surface area contributed by atoms with E-state index in [2.05, 4.69) is 17.9 Å². The van der Waals surface area contributed by atoms with Crippen LogP contribution in [0.2, 0.25) is 0 Å². The number of hydrogen-bond acceptors (Lipinski definition) is 2. The summed E-state index contributed by atoms with van der Waals surface area (Å²) >= 11 is 0. The molecule has 17 heavy (non-hydrogen) atoms. The standard InChI is InChI=1S/C14H24N2O/c1-11(2)14(17)15-8-5-13(6-9-15)16-7-4-12(3)10-16/h5,11-12H,4,6-10H2,1-3H3. The van der Waals surface area contributed by atoms with Gasteiger partial charge in [0.25, 0.3) is 0 Å². The van der Waals surface area contributed by atoms with Crippen molar-refractivity contribution in [3.8, 4) is 0 Å². The Morgan fingerprint density at radius 1 is 1.41 bits per heavy atom. The van der Waals surface area contributed by atoms with Gasteiger partial charge < -0.3 is 9.80 Å². The first kappa shape index (κ1) is 12.5. The van der Waals surface area contributed by atoms with E-state index in [1.54, 1.807) is 0 Å². The normalized spacial score (nSPS) is 25.4. The summed E-state index contributed by atoms with van der Waals surface area (Å²) in [4.78, 5) is 16.3. The largest absolute Gasteiger partial charge is 0.375 e. The van der Waals surface area contributed by atoms with Gasteiger partial charge in [-0.2, -0.15) is 0 Å². The van der Waals surface area contributed by atoms with Gasteiger partial charge in [-0.15, -0.1) is 0 Å². The predicted molar refractivity (Wildman–Crippen MR) is 69.5 cm³/mol. The van der Waals surface area contributed by atoms with Crippen molar-refractivity contribution < 1.29 is 4.79 Å². The van der Waals surface area contributed by atoms with Crippen LogP contribution in [0.25, 0.3) is 0 Å². The zero-order valence-corrected chi connectivity index (χ0v) is 11.3. The first-order chi connectivity index (χ1) is 8.08. The molecule has 3 heteroatoms. The molecule has 3 nitrogen and oxygen atoms in total. The number of likely N-dealkylation sites (tertiary alicyclic amines) is 1. The van der Waals surface area contributed by atoms with E-state index in [4.69, 9.17) is 0 Å². The van der Waals surface area contributed by atoms with E-state index in [0.29, 0.717) is 0 Å². The fourth-order valence-electron chi connectivity index (χ4n) is 2.71. The van der Waals surface area contributed by atoms with Gasteiger partial charge in [0.1, 0.15) is 0 Å². The Labute approximate surface area is 104 Å². The summed E-state index contributed by atoms with van der Waals surface area (Å²) < 4.78 is 0. The third-order valence-corrected chi connectivity index (χ3v) is 3.82. The molecule has 1 unspecified atom stereocenters. The van der Waals surface area contributed by atoms with E-state index in [0.717, 1.165) is 25.4 Å². The van der Waals surface area contributed by atoms with Crippen molar-refractivity contribution in [3.05, 3.63) is 11.8 Å². The third-order valence-electron chi connectivity index (χ3n) is 3.82. The molecule has 2 aliphatic heterocycles. The molecule has 0 aliphatic carbocycles. The molecule has 1 saturated heterocycles. The lowest BCUT2D eigenvalue weighted by Gasteiger charge is -2.32. The Morgan fingerprint density at radius 3 is 2.65 bits per heavy atom. The average Bonchev–Trinajstić information content (AvgIpc) is 2.75. The summed E-state index contributed by atoms with van der Waals surface area (Å²) in [6.45, 7) is 10.4. The lowest BCUT2D eigenvalue weighted by atomic mass is 10.1. The van der Waals surface area contributed by atoms with E-state index in [1.807, 2.05) is 18.7 Å². The maximum Gasteiger partial charge on any atom is 0.225 e. The maximum absolute atomic E-state index is 11.9. The molecule has 2 heterocycles. The van der Waals surface area contributed by atoms with Crippen LogP contribution in [0.4, 0.5) is 0 Å². The second-order valence-electron chi connectivity index (χ2n) is 5.72. The Hall–Kier alpha value is -0.990. The summed E-state index contributed by atoms with van der Waals surface area (Å²) in [5.74, 6) is 1.23. The Morgan fingerprint density at radius 2 is 2.18 bits per heavy atom. The van der Waals surface area contributed by atoms with Crippen molar-refractivity contribution in [2.45, 2.75) is 33.6 Å². The minimum Gasteiger partial charge on any atom is -0.375 e. The lowest BCUT2D eigenvalue weighted by molar-refractivity contribution is -0.134. The van der Waals surface area contributed by atoms with Crippen molar-refractivity contribution in [2.24, 2.45) is 11.8 Å². The predicted octanol–water partition coefficient (Wildman–Crippen LogP) is 2.10. The molecular weight excluding hydrogens is 212 g/mol. The topological polar surface area (TPSA) is 23.6 Å². The van der Waals surface area contributed by atoms with Crippen molar-refractivity contribution >= 4 is 5.91 Å². The fourth-order valence-corrected chi connectivity index (χ4v) is 2.71. The highest BCUT2D eigenvalue weighted by Gasteiger charge is 2.25. The molecule has 96 valence electrons. The molecule has 0 aromatic rings. The highest BCUT2D eigenvalue weighted by Crippen LogP contribution is 2.24. The molecule has 0 aromatic carbocycles. The first-order valence-corrected chi connectivity index (χ1v) is 6.80. The van der Waals surface area contributed by atoms with Crippen LogP contribution in [0.3, 0.4) is 0 Å². The molecular formula is C14H24N2O. The van der Waals surface area contributed by atoms with E-state index in [1.165, 1.54) is 25.2 Å². The monoisotopic (exact) mass is 236 g/mol. The van der Waals surface area contributed by atoms with Crippen molar-refractivity contribution in [3.63, 3.8) is 0 Å². The molecule has 0 radical (unpaired) electrons.